The van der Waals surface area contributed by atoms with Gasteiger partial charge in [-0.1, -0.05) is 30.3 Å². The number of aryl methyl sites for hydroxylation is 2. The maximum atomic E-state index is 6.03. The number of benzene rings is 2. The van der Waals surface area contributed by atoms with Gasteiger partial charge in [-0.25, -0.2) is 0 Å². The Kier molecular flexibility index (Phi) is 5.62. The normalized spacial score (nSPS) is 12.5. The van der Waals surface area contributed by atoms with Gasteiger partial charge in [0.25, 0.3) is 0 Å². The Morgan fingerprint density at radius 2 is 1.77 bits per heavy atom. The molecule has 1 atom stereocenters. The Morgan fingerprint density at radius 1 is 1.00 bits per heavy atom. The Bertz CT molecular complexity index is 619. The van der Waals surface area contributed by atoms with E-state index >= 15 is 0 Å². The van der Waals surface area contributed by atoms with Crippen LogP contribution < -0.4 is 10.5 Å². The van der Waals surface area contributed by atoms with Crippen LogP contribution in [0.4, 0.5) is 0 Å². The van der Waals surface area contributed by atoms with E-state index in [2.05, 4.69) is 50.2 Å². The fraction of sp³-hybridized carbons (Fsp3) is 0.400. The van der Waals surface area contributed by atoms with Crippen LogP contribution in [-0.2, 0) is 6.42 Å². The lowest BCUT2D eigenvalue weighted by Gasteiger charge is -2.18. The molecule has 0 spiro atoms. The minimum atomic E-state index is 0.195. The molecule has 118 valence electrons. The van der Waals surface area contributed by atoms with Crippen molar-refractivity contribution in [3.63, 3.8) is 0 Å². The van der Waals surface area contributed by atoms with E-state index in [4.69, 9.17) is 10.5 Å². The Morgan fingerprint density at radius 3 is 2.41 bits per heavy atom. The Balaban J connectivity index is 2.17. The third-order valence-electron chi connectivity index (χ3n) is 4.04. The second kappa shape index (κ2) is 7.46. The van der Waals surface area contributed by atoms with Crippen LogP contribution in [0.25, 0.3) is 0 Å². The molecule has 2 nitrogen and oxygen atoms in total. The molecule has 0 aliphatic carbocycles. The molecule has 0 heterocycles. The molecule has 0 fully saturated rings. The van der Waals surface area contributed by atoms with Crippen molar-refractivity contribution >= 4 is 0 Å². The predicted octanol–water partition coefficient (Wildman–Crippen LogP) is 4.38. The second-order valence-electron chi connectivity index (χ2n) is 6.29. The number of hydrogen-bond acceptors (Lipinski definition) is 2. The molecule has 0 saturated carbocycles. The lowest BCUT2D eigenvalue weighted by atomic mass is 9.90. The van der Waals surface area contributed by atoms with Crippen LogP contribution in [0, 0.1) is 13.8 Å². The second-order valence-corrected chi connectivity index (χ2v) is 6.29. The van der Waals surface area contributed by atoms with E-state index in [0.29, 0.717) is 12.5 Å². The summed E-state index contributed by atoms with van der Waals surface area (Å²) in [5.41, 5.74) is 11.3. The van der Waals surface area contributed by atoms with Crippen LogP contribution in [0.2, 0.25) is 0 Å². The molecule has 2 heteroatoms. The van der Waals surface area contributed by atoms with Crippen LogP contribution in [-0.4, -0.2) is 12.6 Å². The smallest absolute Gasteiger partial charge is 0.119 e. The lowest BCUT2D eigenvalue weighted by Crippen LogP contribution is -2.15. The van der Waals surface area contributed by atoms with E-state index in [9.17, 15) is 0 Å². The third kappa shape index (κ3) is 4.35. The maximum absolute atomic E-state index is 6.03. The third-order valence-corrected chi connectivity index (χ3v) is 4.04. The summed E-state index contributed by atoms with van der Waals surface area (Å²) < 4.78 is 5.78. The molecular weight excluding hydrogens is 270 g/mol. The van der Waals surface area contributed by atoms with Crippen LogP contribution in [0.15, 0.2) is 42.5 Å². The highest BCUT2D eigenvalue weighted by Crippen LogP contribution is 2.24. The first kappa shape index (κ1) is 16.6. The highest BCUT2D eigenvalue weighted by molar-refractivity contribution is 5.35. The van der Waals surface area contributed by atoms with Gasteiger partial charge < -0.3 is 10.5 Å². The van der Waals surface area contributed by atoms with Crippen molar-refractivity contribution < 1.29 is 4.74 Å². The molecule has 1 unspecified atom stereocenters. The zero-order valence-corrected chi connectivity index (χ0v) is 14.1. The van der Waals surface area contributed by atoms with Gasteiger partial charge in [-0.3, -0.25) is 0 Å². The molecule has 0 amide bonds. The highest BCUT2D eigenvalue weighted by atomic mass is 16.5. The first-order chi connectivity index (χ1) is 10.5. The summed E-state index contributed by atoms with van der Waals surface area (Å²) in [7, 11) is 0. The van der Waals surface area contributed by atoms with Gasteiger partial charge in [0.1, 0.15) is 5.75 Å². The van der Waals surface area contributed by atoms with E-state index < -0.39 is 0 Å². The standard InChI is InChI=1S/C20H27NO/c1-14(2)22-20-7-5-6-17(12-20)11-19(13-21)18-9-8-15(3)16(4)10-18/h5-10,12,14,19H,11,13,21H2,1-4H3. The summed E-state index contributed by atoms with van der Waals surface area (Å²) in [6, 6.07) is 15.0. The van der Waals surface area contributed by atoms with E-state index in [1.54, 1.807) is 0 Å². The zero-order valence-electron chi connectivity index (χ0n) is 14.1. The summed E-state index contributed by atoms with van der Waals surface area (Å²) in [5, 5.41) is 0. The van der Waals surface area contributed by atoms with E-state index in [1.165, 1.54) is 22.3 Å². The molecule has 2 aromatic rings. The summed E-state index contributed by atoms with van der Waals surface area (Å²) >= 11 is 0. The van der Waals surface area contributed by atoms with Gasteiger partial charge in [0.05, 0.1) is 6.10 Å². The van der Waals surface area contributed by atoms with Crippen molar-refractivity contribution in [2.24, 2.45) is 5.73 Å². The number of rotatable bonds is 6. The van der Waals surface area contributed by atoms with Crippen molar-refractivity contribution in [3.05, 3.63) is 64.7 Å². The molecule has 0 bridgehead atoms. The molecular formula is C20H27NO. The Labute approximate surface area is 134 Å². The fourth-order valence-electron chi connectivity index (χ4n) is 2.66. The fourth-order valence-corrected chi connectivity index (χ4v) is 2.66. The highest BCUT2D eigenvalue weighted by Gasteiger charge is 2.12. The van der Waals surface area contributed by atoms with Crippen LogP contribution in [0.1, 0.15) is 42.0 Å². The predicted molar refractivity (Wildman–Crippen MR) is 93.6 cm³/mol. The molecule has 2 rings (SSSR count). The molecule has 2 aromatic carbocycles. The van der Waals surface area contributed by atoms with Crippen LogP contribution in [0.5, 0.6) is 5.75 Å². The average Bonchev–Trinajstić information content (AvgIpc) is 2.47. The minimum Gasteiger partial charge on any atom is -0.491 e. The maximum Gasteiger partial charge on any atom is 0.119 e. The molecule has 0 aliphatic heterocycles. The van der Waals surface area contributed by atoms with Crippen LogP contribution in [0.3, 0.4) is 0 Å². The van der Waals surface area contributed by atoms with Crippen LogP contribution >= 0.6 is 0 Å². The van der Waals surface area contributed by atoms with E-state index in [-0.39, 0.29) is 6.10 Å². The molecule has 2 N–H and O–H groups in total. The molecule has 0 saturated heterocycles. The van der Waals surface area contributed by atoms with Gasteiger partial charge in [-0.2, -0.15) is 0 Å². The minimum absolute atomic E-state index is 0.195. The van der Waals surface area contributed by atoms with Gasteiger partial charge in [-0.15, -0.1) is 0 Å². The van der Waals surface area contributed by atoms with Gasteiger partial charge in [0.15, 0.2) is 0 Å². The first-order valence-corrected chi connectivity index (χ1v) is 8.02. The SMILES string of the molecule is Cc1ccc(C(CN)Cc2cccc(OC(C)C)c2)cc1C. The summed E-state index contributed by atoms with van der Waals surface area (Å²) in [5.74, 6) is 1.27. The van der Waals surface area contributed by atoms with Gasteiger partial charge in [0.2, 0.25) is 0 Å². The summed E-state index contributed by atoms with van der Waals surface area (Å²) in [6.07, 6.45) is 1.13. The van der Waals surface area contributed by atoms with Crippen molar-refractivity contribution in [3.8, 4) is 5.75 Å². The molecule has 0 aromatic heterocycles. The Hall–Kier alpha value is -1.80. The van der Waals surface area contributed by atoms with Crippen molar-refractivity contribution in [1.29, 1.82) is 0 Å². The van der Waals surface area contributed by atoms with Crippen molar-refractivity contribution in [1.82, 2.24) is 0 Å². The zero-order chi connectivity index (χ0) is 16.1. The average molecular weight is 297 g/mol. The van der Waals surface area contributed by atoms with E-state index in [1.807, 2.05) is 19.9 Å². The molecule has 22 heavy (non-hydrogen) atoms. The van der Waals surface area contributed by atoms with E-state index in [0.717, 1.165) is 12.2 Å². The number of nitrogens with two attached hydrogens (primary N) is 1. The number of hydrogen-bond donors (Lipinski definition) is 1. The lowest BCUT2D eigenvalue weighted by molar-refractivity contribution is 0.242. The summed E-state index contributed by atoms with van der Waals surface area (Å²) in [6.45, 7) is 9.04. The summed E-state index contributed by atoms with van der Waals surface area (Å²) in [4.78, 5) is 0. The number of ether oxygens (including phenoxy) is 1. The van der Waals surface area contributed by atoms with Crippen molar-refractivity contribution in [2.45, 2.75) is 46.1 Å². The largest absolute Gasteiger partial charge is 0.491 e. The molecule has 0 radical (unpaired) electrons. The molecule has 0 aliphatic rings. The van der Waals surface area contributed by atoms with Crippen molar-refractivity contribution in [2.75, 3.05) is 6.54 Å². The van der Waals surface area contributed by atoms with Gasteiger partial charge in [-0.05, 0) is 75.0 Å². The monoisotopic (exact) mass is 297 g/mol. The van der Waals surface area contributed by atoms with Gasteiger partial charge >= 0.3 is 0 Å². The van der Waals surface area contributed by atoms with Gasteiger partial charge in [0, 0.05) is 5.92 Å². The first-order valence-electron chi connectivity index (χ1n) is 8.02. The quantitative estimate of drug-likeness (QED) is 0.859. The topological polar surface area (TPSA) is 35.2 Å².